The van der Waals surface area contributed by atoms with Gasteiger partial charge >= 0.3 is 12.1 Å². The lowest BCUT2D eigenvalue weighted by atomic mass is 9.91. The molecule has 0 bridgehead atoms. The SMILES string of the molecule is CC(=O)N[C@@](C)(NC(=O)[C@@H]1CCCN(C(=O)CCC2CCN(C(=O)OC(C)(C)C)CC2)C1)C(=O)O. The lowest BCUT2D eigenvalue weighted by Crippen LogP contribution is -2.64. The molecular weight excluding hydrogens is 456 g/mol. The van der Waals surface area contributed by atoms with Crippen molar-refractivity contribution in [2.24, 2.45) is 11.8 Å². The van der Waals surface area contributed by atoms with Crippen LogP contribution in [0.4, 0.5) is 4.79 Å². The van der Waals surface area contributed by atoms with Crippen LogP contribution in [0.1, 0.15) is 73.1 Å². The van der Waals surface area contributed by atoms with Crippen molar-refractivity contribution < 1.29 is 33.8 Å². The van der Waals surface area contributed by atoms with Gasteiger partial charge in [-0.1, -0.05) is 0 Å². The molecule has 0 aromatic carbocycles. The molecule has 11 heteroatoms. The fourth-order valence-corrected chi connectivity index (χ4v) is 4.47. The monoisotopic (exact) mass is 496 g/mol. The summed E-state index contributed by atoms with van der Waals surface area (Å²) in [5.41, 5.74) is -2.44. The molecule has 35 heavy (non-hydrogen) atoms. The summed E-state index contributed by atoms with van der Waals surface area (Å²) >= 11 is 0. The Kier molecular flexibility index (Phi) is 9.51. The minimum absolute atomic E-state index is 0.0278. The number of nitrogens with zero attached hydrogens (tertiary/aromatic N) is 2. The van der Waals surface area contributed by atoms with Crippen molar-refractivity contribution >= 4 is 29.8 Å². The highest BCUT2D eigenvalue weighted by Crippen LogP contribution is 2.25. The van der Waals surface area contributed by atoms with E-state index in [4.69, 9.17) is 4.74 Å². The van der Waals surface area contributed by atoms with Gasteiger partial charge in [0.25, 0.3) is 0 Å². The highest BCUT2D eigenvalue weighted by molar-refractivity contribution is 5.91. The van der Waals surface area contributed by atoms with Gasteiger partial charge in [0.1, 0.15) is 5.60 Å². The molecule has 0 aromatic rings. The number of carboxylic acids is 1. The number of carbonyl (C=O) groups excluding carboxylic acids is 4. The highest BCUT2D eigenvalue weighted by Gasteiger charge is 2.39. The average molecular weight is 497 g/mol. The van der Waals surface area contributed by atoms with Crippen molar-refractivity contribution in [3.05, 3.63) is 0 Å². The van der Waals surface area contributed by atoms with Crippen molar-refractivity contribution in [1.29, 1.82) is 0 Å². The summed E-state index contributed by atoms with van der Waals surface area (Å²) in [5.74, 6) is -2.68. The Morgan fingerprint density at radius 2 is 1.57 bits per heavy atom. The molecule has 0 aliphatic carbocycles. The summed E-state index contributed by atoms with van der Waals surface area (Å²) in [6.45, 7) is 9.90. The third-order valence-corrected chi connectivity index (χ3v) is 6.40. The van der Waals surface area contributed by atoms with Crippen molar-refractivity contribution in [2.45, 2.75) is 84.4 Å². The molecule has 0 unspecified atom stereocenters. The van der Waals surface area contributed by atoms with Gasteiger partial charge in [0.15, 0.2) is 0 Å². The second-order valence-corrected chi connectivity index (χ2v) is 10.7. The van der Waals surface area contributed by atoms with Crippen LogP contribution in [0.3, 0.4) is 0 Å². The molecule has 0 spiro atoms. The number of carbonyl (C=O) groups is 5. The van der Waals surface area contributed by atoms with Crippen LogP contribution in [0.5, 0.6) is 0 Å². The number of piperidine rings is 2. The topological polar surface area (TPSA) is 145 Å². The maximum Gasteiger partial charge on any atom is 0.410 e. The molecular formula is C24H40N4O7. The van der Waals surface area contributed by atoms with E-state index in [1.54, 1.807) is 9.80 Å². The second-order valence-electron chi connectivity index (χ2n) is 10.7. The lowest BCUT2D eigenvalue weighted by Gasteiger charge is -2.35. The zero-order chi connectivity index (χ0) is 26.4. The van der Waals surface area contributed by atoms with E-state index in [0.29, 0.717) is 51.2 Å². The van der Waals surface area contributed by atoms with Crippen LogP contribution >= 0.6 is 0 Å². The number of aliphatic carboxylic acids is 1. The van der Waals surface area contributed by atoms with Gasteiger partial charge in [-0.2, -0.15) is 0 Å². The van der Waals surface area contributed by atoms with Crippen molar-refractivity contribution in [2.75, 3.05) is 26.2 Å². The first-order valence-corrected chi connectivity index (χ1v) is 12.3. The molecule has 4 amide bonds. The predicted octanol–water partition coefficient (Wildman–Crippen LogP) is 1.71. The highest BCUT2D eigenvalue weighted by atomic mass is 16.6. The first kappa shape index (κ1) is 28.4. The van der Waals surface area contributed by atoms with Crippen LogP contribution < -0.4 is 10.6 Å². The van der Waals surface area contributed by atoms with Gasteiger partial charge in [-0.05, 0) is 65.7 Å². The molecule has 2 atom stereocenters. The fraction of sp³-hybridized carbons (Fsp3) is 0.792. The van der Waals surface area contributed by atoms with Gasteiger partial charge in [-0.25, -0.2) is 9.59 Å². The average Bonchev–Trinajstić information content (AvgIpc) is 2.76. The summed E-state index contributed by atoms with van der Waals surface area (Å²) < 4.78 is 5.42. The molecule has 2 rings (SSSR count). The molecule has 2 aliphatic rings. The first-order valence-electron chi connectivity index (χ1n) is 12.3. The van der Waals surface area contributed by atoms with Crippen LogP contribution in [-0.4, -0.2) is 82.1 Å². The maximum atomic E-state index is 12.8. The standard InChI is InChI=1S/C24H40N4O7/c1-16(29)25-24(5,21(32)33)26-20(31)18-7-6-12-28(15-18)19(30)9-8-17-10-13-27(14-11-17)22(34)35-23(2,3)4/h17-18H,6-15H2,1-5H3,(H,25,29)(H,26,31)(H,32,33)/t18-,24+/m1/s1. The third-order valence-electron chi connectivity index (χ3n) is 6.40. The van der Waals surface area contributed by atoms with Crippen LogP contribution in [-0.2, 0) is 23.9 Å². The largest absolute Gasteiger partial charge is 0.478 e. The lowest BCUT2D eigenvalue weighted by molar-refractivity contribution is -0.151. The second kappa shape index (κ2) is 11.7. The molecule has 3 N–H and O–H groups in total. The van der Waals surface area contributed by atoms with E-state index in [-0.39, 0.29) is 18.5 Å². The van der Waals surface area contributed by atoms with Gasteiger partial charge in [-0.3, -0.25) is 14.4 Å². The molecule has 11 nitrogen and oxygen atoms in total. The number of hydrogen-bond donors (Lipinski definition) is 3. The number of hydrogen-bond acceptors (Lipinski definition) is 6. The van der Waals surface area contributed by atoms with E-state index in [0.717, 1.165) is 12.8 Å². The van der Waals surface area contributed by atoms with E-state index in [2.05, 4.69) is 10.6 Å². The van der Waals surface area contributed by atoms with Gasteiger partial charge in [0.05, 0.1) is 5.92 Å². The predicted molar refractivity (Wildman–Crippen MR) is 127 cm³/mol. The first-order chi connectivity index (χ1) is 16.2. The molecule has 2 aliphatic heterocycles. The zero-order valence-corrected chi connectivity index (χ0v) is 21.5. The Bertz CT molecular complexity index is 817. The molecule has 2 heterocycles. The van der Waals surface area contributed by atoms with Crippen molar-refractivity contribution in [3.63, 3.8) is 0 Å². The quantitative estimate of drug-likeness (QED) is 0.455. The Morgan fingerprint density at radius 3 is 2.11 bits per heavy atom. The number of amides is 4. The summed E-state index contributed by atoms with van der Waals surface area (Å²) in [7, 11) is 0. The summed E-state index contributed by atoms with van der Waals surface area (Å²) in [5, 5.41) is 14.1. The van der Waals surface area contributed by atoms with E-state index in [1.807, 2.05) is 20.8 Å². The number of nitrogens with one attached hydrogen (secondary N) is 2. The van der Waals surface area contributed by atoms with E-state index in [9.17, 15) is 29.1 Å². The molecule has 0 radical (unpaired) electrons. The van der Waals surface area contributed by atoms with E-state index < -0.39 is 35.0 Å². The molecule has 2 saturated heterocycles. The van der Waals surface area contributed by atoms with Crippen LogP contribution in [0.2, 0.25) is 0 Å². The van der Waals surface area contributed by atoms with E-state index in [1.165, 1.54) is 13.8 Å². The normalized spacial score (nSPS) is 21.0. The zero-order valence-electron chi connectivity index (χ0n) is 21.5. The Labute approximate surface area is 206 Å². The van der Waals surface area contributed by atoms with E-state index >= 15 is 0 Å². The molecule has 2 fully saturated rings. The summed E-state index contributed by atoms with van der Waals surface area (Å²) in [4.78, 5) is 64.1. The third kappa shape index (κ3) is 8.70. The van der Waals surface area contributed by atoms with Crippen LogP contribution in [0.25, 0.3) is 0 Å². The van der Waals surface area contributed by atoms with Gasteiger partial charge in [0, 0.05) is 39.5 Å². The maximum absolute atomic E-state index is 12.8. The van der Waals surface area contributed by atoms with Crippen LogP contribution in [0, 0.1) is 11.8 Å². The fourth-order valence-electron chi connectivity index (χ4n) is 4.47. The summed E-state index contributed by atoms with van der Waals surface area (Å²) in [6, 6.07) is 0. The van der Waals surface area contributed by atoms with Crippen molar-refractivity contribution in [3.8, 4) is 0 Å². The Morgan fingerprint density at radius 1 is 0.943 bits per heavy atom. The number of ether oxygens (including phenoxy) is 1. The molecule has 0 saturated carbocycles. The van der Waals surface area contributed by atoms with Crippen LogP contribution in [0.15, 0.2) is 0 Å². The minimum Gasteiger partial charge on any atom is -0.478 e. The number of likely N-dealkylation sites (tertiary alicyclic amines) is 2. The van der Waals surface area contributed by atoms with Gasteiger partial charge in [-0.15, -0.1) is 0 Å². The smallest absolute Gasteiger partial charge is 0.410 e. The number of rotatable bonds is 7. The Hall–Kier alpha value is -2.85. The van der Waals surface area contributed by atoms with Crippen molar-refractivity contribution in [1.82, 2.24) is 20.4 Å². The Balaban J connectivity index is 1.81. The summed E-state index contributed by atoms with van der Waals surface area (Å²) in [6.07, 6.45) is 3.58. The molecule has 198 valence electrons. The minimum atomic E-state index is -1.91. The number of carboxylic acid groups (broad SMARTS) is 1. The van der Waals surface area contributed by atoms with Gasteiger partial charge in [0.2, 0.25) is 23.4 Å². The van der Waals surface area contributed by atoms with Gasteiger partial charge < -0.3 is 30.3 Å². The molecule has 0 aromatic heterocycles.